The molecular weight excluding hydrogens is 320 g/mol. The average Bonchev–Trinajstić information content (AvgIpc) is 2.89. The van der Waals surface area contributed by atoms with Gasteiger partial charge in [0.25, 0.3) is 0 Å². The highest BCUT2D eigenvalue weighted by molar-refractivity contribution is 9.10. The number of carbonyl (C=O) groups excluding carboxylic acids is 1. The second kappa shape index (κ2) is 7.05. The number of amides is 1. The van der Waals surface area contributed by atoms with Crippen molar-refractivity contribution >= 4 is 28.1 Å². The van der Waals surface area contributed by atoms with Gasteiger partial charge in [-0.05, 0) is 29.8 Å². The van der Waals surface area contributed by atoms with E-state index in [0.29, 0.717) is 12.2 Å². The molecule has 0 aliphatic carbocycles. The van der Waals surface area contributed by atoms with Gasteiger partial charge in [0.15, 0.2) is 0 Å². The zero-order chi connectivity index (χ0) is 14.4. The van der Waals surface area contributed by atoms with E-state index in [0.717, 1.165) is 22.2 Å². The third-order valence-electron chi connectivity index (χ3n) is 2.69. The number of furan rings is 1. The molecule has 1 aromatic heterocycles. The summed E-state index contributed by atoms with van der Waals surface area (Å²) in [6, 6.07) is 11.3. The van der Waals surface area contributed by atoms with E-state index in [9.17, 15) is 4.79 Å². The van der Waals surface area contributed by atoms with Gasteiger partial charge in [-0.1, -0.05) is 35.0 Å². The van der Waals surface area contributed by atoms with Gasteiger partial charge in [-0.3, -0.25) is 4.79 Å². The summed E-state index contributed by atoms with van der Waals surface area (Å²) in [5.41, 5.74) is 3.42. The van der Waals surface area contributed by atoms with Crippen LogP contribution in [-0.4, -0.2) is 12.1 Å². The number of nitrogens with zero attached hydrogens (tertiary/aromatic N) is 1. The fourth-order valence-electron chi connectivity index (χ4n) is 1.65. The minimum Gasteiger partial charge on any atom is -0.460 e. The molecule has 2 rings (SSSR count). The van der Waals surface area contributed by atoms with Gasteiger partial charge in [0.05, 0.1) is 12.6 Å². The zero-order valence-corrected chi connectivity index (χ0v) is 12.7. The van der Waals surface area contributed by atoms with Gasteiger partial charge in [-0.15, -0.1) is 0 Å². The van der Waals surface area contributed by atoms with Crippen molar-refractivity contribution in [1.29, 1.82) is 0 Å². The van der Waals surface area contributed by atoms with Crippen LogP contribution >= 0.6 is 15.9 Å². The molecule has 0 atom stereocenters. The van der Waals surface area contributed by atoms with E-state index in [2.05, 4.69) is 26.5 Å². The number of rotatable bonds is 5. The first-order valence-electron chi connectivity index (χ1n) is 6.32. The normalized spacial score (nSPS) is 10.9. The number of hydrogen-bond acceptors (Lipinski definition) is 3. The molecule has 2 aromatic rings. The van der Waals surface area contributed by atoms with Crippen molar-refractivity contribution in [1.82, 2.24) is 5.43 Å². The smallest absolute Gasteiger partial charge is 0.244 e. The monoisotopic (exact) mass is 334 g/mol. The molecule has 0 saturated heterocycles. The summed E-state index contributed by atoms with van der Waals surface area (Å²) < 4.78 is 6.43. The molecule has 1 heterocycles. The summed E-state index contributed by atoms with van der Waals surface area (Å²) >= 11 is 3.35. The molecule has 1 amide bonds. The fourth-order valence-corrected chi connectivity index (χ4v) is 1.91. The Kier molecular flexibility index (Phi) is 5.12. The van der Waals surface area contributed by atoms with E-state index in [1.807, 2.05) is 43.3 Å². The van der Waals surface area contributed by atoms with E-state index in [4.69, 9.17) is 4.42 Å². The standard InChI is InChI=1S/C15H15BrN2O2/c1-2-13-7-8-14(20-13)10-17-18-15(19)9-11-3-5-12(16)6-4-11/h3-8,10H,2,9H2,1H3,(H,18,19)/b17-10-. The second-order valence-electron chi connectivity index (χ2n) is 4.25. The Balaban J connectivity index is 1.84. The maximum atomic E-state index is 11.7. The number of carbonyl (C=O) groups is 1. The van der Waals surface area contributed by atoms with Crippen molar-refractivity contribution in [2.75, 3.05) is 0 Å². The molecular formula is C15H15BrN2O2. The lowest BCUT2D eigenvalue weighted by atomic mass is 10.1. The van der Waals surface area contributed by atoms with E-state index in [1.165, 1.54) is 6.21 Å². The zero-order valence-electron chi connectivity index (χ0n) is 11.1. The van der Waals surface area contributed by atoms with Crippen LogP contribution in [0.4, 0.5) is 0 Å². The van der Waals surface area contributed by atoms with Gasteiger partial charge in [-0.25, -0.2) is 5.43 Å². The summed E-state index contributed by atoms with van der Waals surface area (Å²) in [6.07, 6.45) is 2.63. The van der Waals surface area contributed by atoms with Gasteiger partial charge in [0.2, 0.25) is 5.91 Å². The number of nitrogens with one attached hydrogen (secondary N) is 1. The number of hydrazone groups is 1. The largest absolute Gasteiger partial charge is 0.460 e. The molecule has 20 heavy (non-hydrogen) atoms. The molecule has 0 aliphatic heterocycles. The van der Waals surface area contributed by atoms with E-state index >= 15 is 0 Å². The van der Waals surface area contributed by atoms with Gasteiger partial charge in [0.1, 0.15) is 11.5 Å². The molecule has 104 valence electrons. The third kappa shape index (κ3) is 4.35. The van der Waals surface area contributed by atoms with Gasteiger partial charge >= 0.3 is 0 Å². The van der Waals surface area contributed by atoms with E-state index in [1.54, 1.807) is 0 Å². The molecule has 5 heteroatoms. The number of hydrogen-bond donors (Lipinski definition) is 1. The van der Waals surface area contributed by atoms with Crippen molar-refractivity contribution in [2.45, 2.75) is 19.8 Å². The molecule has 0 bridgehead atoms. The highest BCUT2D eigenvalue weighted by atomic mass is 79.9. The molecule has 1 aromatic carbocycles. The van der Waals surface area contributed by atoms with Crippen LogP contribution in [-0.2, 0) is 17.6 Å². The Bertz CT molecular complexity index is 603. The van der Waals surface area contributed by atoms with Crippen LogP contribution in [0.2, 0.25) is 0 Å². The topological polar surface area (TPSA) is 54.6 Å². The van der Waals surface area contributed by atoms with Crippen LogP contribution < -0.4 is 5.43 Å². The van der Waals surface area contributed by atoms with Crippen LogP contribution in [0.1, 0.15) is 24.0 Å². The van der Waals surface area contributed by atoms with E-state index < -0.39 is 0 Å². The first-order valence-corrected chi connectivity index (χ1v) is 7.11. The van der Waals surface area contributed by atoms with Crippen molar-refractivity contribution in [3.63, 3.8) is 0 Å². The third-order valence-corrected chi connectivity index (χ3v) is 3.22. The fraction of sp³-hybridized carbons (Fsp3) is 0.200. The average molecular weight is 335 g/mol. The summed E-state index contributed by atoms with van der Waals surface area (Å²) in [5.74, 6) is 1.37. The van der Waals surface area contributed by atoms with Crippen molar-refractivity contribution < 1.29 is 9.21 Å². The number of benzene rings is 1. The van der Waals surface area contributed by atoms with Crippen molar-refractivity contribution in [3.8, 4) is 0 Å². The molecule has 0 fully saturated rings. The Morgan fingerprint density at radius 3 is 2.70 bits per heavy atom. The Morgan fingerprint density at radius 2 is 2.05 bits per heavy atom. The maximum absolute atomic E-state index is 11.7. The van der Waals surface area contributed by atoms with Crippen molar-refractivity contribution in [3.05, 3.63) is 58.0 Å². The molecule has 4 nitrogen and oxygen atoms in total. The van der Waals surface area contributed by atoms with Crippen LogP contribution in [0, 0.1) is 0 Å². The maximum Gasteiger partial charge on any atom is 0.244 e. The summed E-state index contributed by atoms with van der Waals surface area (Å²) in [5, 5.41) is 3.88. The predicted octanol–water partition coefficient (Wildman–Crippen LogP) is 3.30. The minimum atomic E-state index is -0.161. The quantitative estimate of drug-likeness (QED) is 0.673. The Labute approximate surface area is 126 Å². The SMILES string of the molecule is CCc1ccc(/C=N\NC(=O)Cc2ccc(Br)cc2)o1. The predicted molar refractivity (Wildman–Crippen MR) is 81.7 cm³/mol. The second-order valence-corrected chi connectivity index (χ2v) is 5.17. The molecule has 1 N–H and O–H groups in total. The Morgan fingerprint density at radius 1 is 1.30 bits per heavy atom. The lowest BCUT2D eigenvalue weighted by molar-refractivity contribution is -0.120. The first-order chi connectivity index (χ1) is 9.67. The van der Waals surface area contributed by atoms with Crippen LogP contribution in [0.5, 0.6) is 0 Å². The van der Waals surface area contributed by atoms with Gasteiger partial charge < -0.3 is 4.42 Å². The summed E-state index contributed by atoms with van der Waals surface area (Å²) in [7, 11) is 0. The molecule has 0 radical (unpaired) electrons. The number of aryl methyl sites for hydroxylation is 1. The molecule has 0 unspecified atom stereocenters. The summed E-state index contributed by atoms with van der Waals surface area (Å²) in [6.45, 7) is 2.01. The van der Waals surface area contributed by atoms with Gasteiger partial charge in [-0.2, -0.15) is 5.10 Å². The molecule has 0 spiro atoms. The highest BCUT2D eigenvalue weighted by Gasteiger charge is 2.02. The van der Waals surface area contributed by atoms with Crippen LogP contribution in [0.3, 0.4) is 0 Å². The summed E-state index contributed by atoms with van der Waals surface area (Å²) in [4.78, 5) is 11.7. The lowest BCUT2D eigenvalue weighted by Crippen LogP contribution is -2.19. The van der Waals surface area contributed by atoms with Crippen LogP contribution in [0.15, 0.2) is 50.4 Å². The minimum absolute atomic E-state index is 0.161. The lowest BCUT2D eigenvalue weighted by Gasteiger charge is -2.00. The highest BCUT2D eigenvalue weighted by Crippen LogP contribution is 2.10. The Hall–Kier alpha value is -1.88. The van der Waals surface area contributed by atoms with Crippen molar-refractivity contribution in [2.24, 2.45) is 5.10 Å². The van der Waals surface area contributed by atoms with E-state index in [-0.39, 0.29) is 5.91 Å². The molecule has 0 aliphatic rings. The van der Waals surface area contributed by atoms with Gasteiger partial charge in [0, 0.05) is 10.9 Å². The van der Waals surface area contributed by atoms with Crippen LogP contribution in [0.25, 0.3) is 0 Å². The number of halogens is 1. The first kappa shape index (κ1) is 14.5. The molecule has 0 saturated carbocycles.